The van der Waals surface area contributed by atoms with Gasteiger partial charge in [-0.1, -0.05) is 70.5 Å². The van der Waals surface area contributed by atoms with Crippen LogP contribution in [-0.4, -0.2) is 29.0 Å². The molecule has 3 N–H and O–H groups in total. The van der Waals surface area contributed by atoms with Gasteiger partial charge in [0.1, 0.15) is 17.6 Å². The van der Waals surface area contributed by atoms with Crippen LogP contribution in [0, 0.1) is 0 Å². The van der Waals surface area contributed by atoms with Crippen molar-refractivity contribution in [2.45, 2.75) is 18.6 Å². The van der Waals surface area contributed by atoms with Crippen molar-refractivity contribution in [2.24, 2.45) is 0 Å². The molecule has 35 heavy (non-hydrogen) atoms. The maximum Gasteiger partial charge on any atom is 0.412 e. The van der Waals surface area contributed by atoms with Gasteiger partial charge in [0.2, 0.25) is 0 Å². The van der Waals surface area contributed by atoms with Crippen molar-refractivity contribution >= 4 is 54.4 Å². The van der Waals surface area contributed by atoms with Crippen LogP contribution in [0.1, 0.15) is 18.1 Å². The van der Waals surface area contributed by atoms with E-state index in [0.29, 0.717) is 25.9 Å². The maximum absolute atomic E-state index is 13.1. The largest absolute Gasteiger partial charge is 0.506 e. The van der Waals surface area contributed by atoms with Crippen molar-refractivity contribution in [3.05, 3.63) is 99.4 Å². The topological polar surface area (TPSA) is 88.0 Å². The summed E-state index contributed by atoms with van der Waals surface area (Å²) in [6.45, 7) is -0.210. The van der Waals surface area contributed by atoms with E-state index >= 15 is 0 Å². The van der Waals surface area contributed by atoms with Crippen molar-refractivity contribution in [1.29, 1.82) is 0 Å². The normalized spacial score (nSPS) is 12.7. The first-order valence-electron chi connectivity index (χ1n) is 10.9. The summed E-state index contributed by atoms with van der Waals surface area (Å²) in [6.07, 6.45) is -2.38. The average molecular weight is 601 g/mol. The molecule has 0 fully saturated rings. The van der Waals surface area contributed by atoms with Crippen LogP contribution in [0.2, 0.25) is 0 Å². The van der Waals surface area contributed by atoms with Gasteiger partial charge in [-0.25, -0.2) is 4.79 Å². The summed E-state index contributed by atoms with van der Waals surface area (Å²) in [6, 6.07) is 25.7. The molecule has 4 rings (SSSR count). The number of carbonyl (C=O) groups is 1. The van der Waals surface area contributed by atoms with Gasteiger partial charge >= 0.3 is 6.09 Å². The lowest BCUT2D eigenvalue weighted by Crippen LogP contribution is -2.32. The van der Waals surface area contributed by atoms with Crippen molar-refractivity contribution < 1.29 is 24.5 Å². The molecule has 8 heteroatoms. The molecule has 0 aliphatic heterocycles. The van der Waals surface area contributed by atoms with Crippen LogP contribution in [0.25, 0.3) is 10.8 Å². The third kappa shape index (κ3) is 6.14. The third-order valence-electron chi connectivity index (χ3n) is 5.41. The number of carbonyl (C=O) groups excluding carboxylic acids is 1. The molecule has 4 aromatic rings. The molecule has 0 radical (unpaired) electrons. The Hall–Kier alpha value is -3.07. The highest BCUT2D eigenvalue weighted by molar-refractivity contribution is 9.11. The maximum atomic E-state index is 13.1. The fourth-order valence-corrected chi connectivity index (χ4v) is 5.06. The van der Waals surface area contributed by atoms with E-state index in [4.69, 9.17) is 9.47 Å². The molecule has 0 saturated heterocycles. The summed E-state index contributed by atoms with van der Waals surface area (Å²) >= 11 is 6.77. The molecule has 0 aromatic heterocycles. The van der Waals surface area contributed by atoms with Crippen LogP contribution in [0.15, 0.2) is 93.9 Å². The quantitative estimate of drug-likeness (QED) is 0.199. The molecule has 0 unspecified atom stereocenters. The van der Waals surface area contributed by atoms with Crippen molar-refractivity contribution in [3.63, 3.8) is 0 Å². The van der Waals surface area contributed by atoms with Gasteiger partial charge in [0.25, 0.3) is 0 Å². The number of aliphatic hydroxyl groups excluding tert-OH is 1. The van der Waals surface area contributed by atoms with Gasteiger partial charge in [0.15, 0.2) is 6.10 Å². The molecule has 0 saturated carbocycles. The molecule has 2 atom stereocenters. The lowest BCUT2D eigenvalue weighted by atomic mass is 10.0. The first kappa shape index (κ1) is 25.0. The average Bonchev–Trinajstić information content (AvgIpc) is 2.85. The second-order valence-corrected chi connectivity index (χ2v) is 9.55. The molecular weight excluding hydrogens is 578 g/mol. The predicted octanol–water partition coefficient (Wildman–Crippen LogP) is 7.19. The number of hydrogen-bond acceptors (Lipinski definition) is 5. The number of phenolic OH excluding ortho intramolecular Hbond substituents is 1. The second kappa shape index (κ2) is 11.6. The van der Waals surface area contributed by atoms with Crippen molar-refractivity contribution in [2.75, 3.05) is 11.9 Å². The smallest absolute Gasteiger partial charge is 0.412 e. The number of phenols is 1. The number of amides is 1. The number of nitrogens with one attached hydrogen (secondary N) is 1. The summed E-state index contributed by atoms with van der Waals surface area (Å²) in [5.74, 6) is 0.457. The van der Waals surface area contributed by atoms with Crippen LogP contribution in [-0.2, 0) is 4.74 Å². The van der Waals surface area contributed by atoms with Gasteiger partial charge in [0, 0.05) is 28.5 Å². The SMILES string of the molecule is O=C(Nc1cccc2ccccc12)O[C@@H](c1cc(Br)cc(Br)c1O)[C@H](CCO)Oc1ccccc1. The molecule has 4 aromatic carbocycles. The van der Waals surface area contributed by atoms with Crippen LogP contribution < -0.4 is 10.1 Å². The molecule has 0 aliphatic carbocycles. The Balaban J connectivity index is 1.68. The summed E-state index contributed by atoms with van der Waals surface area (Å²) in [5, 5.41) is 25.2. The van der Waals surface area contributed by atoms with E-state index in [-0.39, 0.29) is 18.8 Å². The van der Waals surface area contributed by atoms with Crippen LogP contribution >= 0.6 is 31.9 Å². The molecule has 6 nitrogen and oxygen atoms in total. The Kier molecular flexibility index (Phi) is 8.28. The highest BCUT2D eigenvalue weighted by atomic mass is 79.9. The van der Waals surface area contributed by atoms with E-state index in [9.17, 15) is 15.0 Å². The number of halogens is 2. The minimum absolute atomic E-state index is 0.0873. The second-order valence-electron chi connectivity index (χ2n) is 7.78. The van der Waals surface area contributed by atoms with E-state index in [1.54, 1.807) is 30.3 Å². The molecule has 0 heterocycles. The van der Waals surface area contributed by atoms with Gasteiger partial charge in [-0.3, -0.25) is 5.32 Å². The van der Waals surface area contributed by atoms with E-state index in [2.05, 4.69) is 37.2 Å². The van der Waals surface area contributed by atoms with Crippen LogP contribution in [0.4, 0.5) is 10.5 Å². The Bertz CT molecular complexity index is 1310. The minimum atomic E-state index is -1.04. The number of fused-ring (bicyclic) bond motifs is 1. The Labute approximate surface area is 219 Å². The Morgan fingerprint density at radius 1 is 0.943 bits per heavy atom. The molecular formula is C27H23Br2NO5. The number of para-hydroxylation sites is 1. The Morgan fingerprint density at radius 2 is 1.66 bits per heavy atom. The molecule has 0 aliphatic rings. The van der Waals surface area contributed by atoms with Gasteiger partial charge < -0.3 is 19.7 Å². The number of rotatable bonds is 8. The number of aliphatic hydroxyl groups is 1. The van der Waals surface area contributed by atoms with E-state index in [1.807, 2.05) is 54.6 Å². The van der Waals surface area contributed by atoms with Gasteiger partial charge in [-0.2, -0.15) is 0 Å². The summed E-state index contributed by atoms with van der Waals surface area (Å²) in [4.78, 5) is 13.1. The predicted molar refractivity (Wildman–Crippen MR) is 143 cm³/mol. The molecule has 0 spiro atoms. The number of aromatic hydroxyl groups is 1. The van der Waals surface area contributed by atoms with Crippen LogP contribution in [0.5, 0.6) is 11.5 Å². The molecule has 180 valence electrons. The highest BCUT2D eigenvalue weighted by Gasteiger charge is 2.32. The van der Waals surface area contributed by atoms with Crippen LogP contribution in [0.3, 0.4) is 0 Å². The van der Waals surface area contributed by atoms with E-state index in [0.717, 1.165) is 10.8 Å². The standard InChI is InChI=1S/C27H23Br2NO5/c28-18-15-21(25(32)22(29)16-18)26(24(13-14-31)34-19-9-2-1-3-10-19)35-27(33)30-23-12-6-8-17-7-4-5-11-20(17)23/h1-12,15-16,24,26,31-32H,13-14H2,(H,30,33)/t24-,26-/m0/s1. The molecule has 0 bridgehead atoms. The third-order valence-corrected chi connectivity index (χ3v) is 6.47. The lowest BCUT2D eigenvalue weighted by Gasteiger charge is -2.29. The lowest BCUT2D eigenvalue weighted by molar-refractivity contribution is 0.00793. The van der Waals surface area contributed by atoms with Gasteiger partial charge in [-0.15, -0.1) is 0 Å². The number of anilines is 1. The summed E-state index contributed by atoms with van der Waals surface area (Å²) in [7, 11) is 0. The van der Waals surface area contributed by atoms with Crippen molar-refractivity contribution in [1.82, 2.24) is 0 Å². The summed E-state index contributed by atoms with van der Waals surface area (Å²) < 4.78 is 13.1. The minimum Gasteiger partial charge on any atom is -0.506 e. The van der Waals surface area contributed by atoms with Gasteiger partial charge in [0.05, 0.1) is 10.2 Å². The highest BCUT2D eigenvalue weighted by Crippen LogP contribution is 2.40. The first-order chi connectivity index (χ1) is 17.0. The number of ether oxygens (including phenoxy) is 2. The number of benzene rings is 4. The monoisotopic (exact) mass is 599 g/mol. The van der Waals surface area contributed by atoms with E-state index in [1.165, 1.54) is 0 Å². The molecule has 1 amide bonds. The van der Waals surface area contributed by atoms with Gasteiger partial charge in [-0.05, 0) is 51.6 Å². The van der Waals surface area contributed by atoms with Crippen molar-refractivity contribution in [3.8, 4) is 11.5 Å². The zero-order valence-electron chi connectivity index (χ0n) is 18.5. The first-order valence-corrected chi connectivity index (χ1v) is 12.5. The van der Waals surface area contributed by atoms with E-state index < -0.39 is 18.3 Å². The fourth-order valence-electron chi connectivity index (χ4n) is 3.80. The number of hydrogen-bond donors (Lipinski definition) is 3. The Morgan fingerprint density at radius 3 is 2.43 bits per heavy atom. The fraction of sp³-hybridized carbons (Fsp3) is 0.148. The summed E-state index contributed by atoms with van der Waals surface area (Å²) in [5.41, 5.74) is 0.919. The zero-order chi connectivity index (χ0) is 24.8. The zero-order valence-corrected chi connectivity index (χ0v) is 21.7.